The molecule has 1 fully saturated rings. The van der Waals surface area contributed by atoms with E-state index in [2.05, 4.69) is 67.5 Å². The van der Waals surface area contributed by atoms with Crippen LogP contribution in [0.3, 0.4) is 0 Å². The fraction of sp³-hybridized carbons (Fsp3) is 0.571. The van der Waals surface area contributed by atoms with Crippen LogP contribution in [0.15, 0.2) is 23.6 Å². The number of thiophene rings is 1. The summed E-state index contributed by atoms with van der Waals surface area (Å²) >= 11 is 1.59. The first-order valence-corrected chi connectivity index (χ1v) is 14.0. The summed E-state index contributed by atoms with van der Waals surface area (Å²) in [5.74, 6) is 2.39. The molecule has 3 heterocycles. The van der Waals surface area contributed by atoms with Crippen LogP contribution in [-0.2, 0) is 0 Å². The highest BCUT2D eigenvalue weighted by Gasteiger charge is 2.24. The van der Waals surface area contributed by atoms with E-state index in [9.17, 15) is 0 Å². The van der Waals surface area contributed by atoms with E-state index in [0.29, 0.717) is 30.4 Å². The van der Waals surface area contributed by atoms with Crippen LogP contribution in [0.25, 0.3) is 10.2 Å². The fourth-order valence-electron chi connectivity index (χ4n) is 5.20. The second-order valence-electron chi connectivity index (χ2n) is 11.2. The Morgan fingerprint density at radius 3 is 2.62 bits per heavy atom. The van der Waals surface area contributed by atoms with Crippen molar-refractivity contribution in [2.24, 2.45) is 11.7 Å². The molecule has 3 aromatic rings. The molecule has 1 unspecified atom stereocenters. The summed E-state index contributed by atoms with van der Waals surface area (Å²) in [6, 6.07) is 6.83. The van der Waals surface area contributed by atoms with E-state index in [1.54, 1.807) is 18.4 Å². The second-order valence-corrected chi connectivity index (χ2v) is 12.0. The molecule has 0 radical (unpaired) electrons. The number of piperidine rings is 1. The van der Waals surface area contributed by atoms with Gasteiger partial charge in [0, 0.05) is 36.4 Å². The number of fused-ring (bicyclic) bond motifs is 1. The minimum atomic E-state index is -0.437. The average Bonchev–Trinajstić information content (AvgIpc) is 3.22. The van der Waals surface area contributed by atoms with Crippen molar-refractivity contribution in [1.29, 1.82) is 0 Å². The number of aromatic nitrogens is 2. The van der Waals surface area contributed by atoms with Crippen LogP contribution in [-0.4, -0.2) is 67.4 Å². The standard InChI is InChI=1S/C28H42N6O2S/c1-18(2)15-28(4,29)17-36-25-24-19(3)16-37-26(24)32-27(31-25)30-20-8-9-22(23(14-20)35-7)34-12-10-21(11-13-34)33(5)6/h8-9,14,16,18,21H,10-13,15,17,29H2,1-7H3,(H,30,31,32). The lowest BCUT2D eigenvalue weighted by molar-refractivity contribution is 0.203. The number of nitrogens with two attached hydrogens (primary N) is 1. The zero-order valence-corrected chi connectivity index (χ0v) is 24.1. The molecule has 37 heavy (non-hydrogen) atoms. The Labute approximate surface area is 225 Å². The number of methoxy groups -OCH3 is 1. The first-order valence-electron chi connectivity index (χ1n) is 13.1. The number of hydrogen-bond acceptors (Lipinski definition) is 9. The van der Waals surface area contributed by atoms with Crippen LogP contribution < -0.4 is 25.4 Å². The first kappa shape index (κ1) is 27.4. The minimum Gasteiger partial charge on any atom is -0.495 e. The summed E-state index contributed by atoms with van der Waals surface area (Å²) in [7, 11) is 6.04. The third-order valence-electron chi connectivity index (χ3n) is 6.97. The van der Waals surface area contributed by atoms with Crippen molar-refractivity contribution in [3.8, 4) is 11.6 Å². The van der Waals surface area contributed by atoms with Crippen molar-refractivity contribution in [3.63, 3.8) is 0 Å². The van der Waals surface area contributed by atoms with Gasteiger partial charge in [-0.15, -0.1) is 11.3 Å². The molecule has 0 aliphatic carbocycles. The van der Waals surface area contributed by atoms with Crippen molar-refractivity contribution in [2.45, 2.75) is 58.5 Å². The van der Waals surface area contributed by atoms with Crippen molar-refractivity contribution >= 4 is 38.9 Å². The summed E-state index contributed by atoms with van der Waals surface area (Å²) in [6.07, 6.45) is 3.16. The van der Waals surface area contributed by atoms with E-state index >= 15 is 0 Å². The summed E-state index contributed by atoms with van der Waals surface area (Å²) in [6.45, 7) is 10.8. The molecule has 3 N–H and O–H groups in total. The molecule has 0 amide bonds. The van der Waals surface area contributed by atoms with E-state index in [4.69, 9.17) is 25.2 Å². The van der Waals surface area contributed by atoms with Crippen molar-refractivity contribution in [1.82, 2.24) is 14.9 Å². The molecular formula is C28H42N6O2S. The predicted molar refractivity (Wildman–Crippen MR) is 155 cm³/mol. The summed E-state index contributed by atoms with van der Waals surface area (Å²) in [4.78, 5) is 15.1. The molecular weight excluding hydrogens is 484 g/mol. The van der Waals surface area contributed by atoms with Gasteiger partial charge in [-0.2, -0.15) is 4.98 Å². The molecule has 0 saturated carbocycles. The van der Waals surface area contributed by atoms with Crippen molar-refractivity contribution in [2.75, 3.05) is 51.1 Å². The van der Waals surface area contributed by atoms with Crippen LogP contribution in [0.5, 0.6) is 11.6 Å². The lowest BCUT2D eigenvalue weighted by atomic mass is 9.93. The van der Waals surface area contributed by atoms with Gasteiger partial charge in [0.15, 0.2) is 0 Å². The average molecular weight is 527 g/mol. The highest BCUT2D eigenvalue weighted by molar-refractivity contribution is 7.17. The minimum absolute atomic E-state index is 0.388. The van der Waals surface area contributed by atoms with Gasteiger partial charge in [0.2, 0.25) is 11.8 Å². The number of rotatable bonds is 10. The van der Waals surface area contributed by atoms with Gasteiger partial charge >= 0.3 is 0 Å². The number of hydrogen-bond donors (Lipinski definition) is 2. The fourth-order valence-corrected chi connectivity index (χ4v) is 6.11. The van der Waals surface area contributed by atoms with Gasteiger partial charge in [0.1, 0.15) is 17.2 Å². The van der Waals surface area contributed by atoms with Crippen LogP contribution in [0.4, 0.5) is 17.3 Å². The van der Waals surface area contributed by atoms with Crippen molar-refractivity contribution < 1.29 is 9.47 Å². The molecule has 4 rings (SSSR count). The topological polar surface area (TPSA) is 88.8 Å². The van der Waals surface area contributed by atoms with E-state index in [1.807, 2.05) is 13.0 Å². The quantitative estimate of drug-likeness (QED) is 0.362. The largest absolute Gasteiger partial charge is 0.495 e. The van der Waals surface area contributed by atoms with Gasteiger partial charge in [-0.25, -0.2) is 4.98 Å². The molecule has 1 aromatic carbocycles. The van der Waals surface area contributed by atoms with E-state index in [-0.39, 0.29) is 0 Å². The van der Waals surface area contributed by atoms with E-state index in [1.165, 1.54) is 0 Å². The van der Waals surface area contributed by atoms with Gasteiger partial charge in [-0.05, 0) is 76.2 Å². The third-order valence-corrected chi connectivity index (χ3v) is 7.96. The smallest absolute Gasteiger partial charge is 0.231 e. The molecule has 1 aliphatic rings. The van der Waals surface area contributed by atoms with Gasteiger partial charge < -0.3 is 30.3 Å². The lowest BCUT2D eigenvalue weighted by Crippen LogP contribution is -2.43. The number of benzene rings is 1. The monoisotopic (exact) mass is 526 g/mol. The third kappa shape index (κ3) is 6.64. The molecule has 1 atom stereocenters. The Kier molecular flexibility index (Phi) is 8.46. The van der Waals surface area contributed by atoms with E-state index < -0.39 is 5.54 Å². The van der Waals surface area contributed by atoms with Crippen LogP contribution >= 0.6 is 11.3 Å². The van der Waals surface area contributed by atoms with Crippen LogP contribution in [0.2, 0.25) is 0 Å². The molecule has 1 saturated heterocycles. The van der Waals surface area contributed by atoms with Gasteiger partial charge in [-0.1, -0.05) is 13.8 Å². The maximum absolute atomic E-state index is 6.51. The first-order chi connectivity index (χ1) is 17.6. The zero-order valence-electron chi connectivity index (χ0n) is 23.3. The highest BCUT2D eigenvalue weighted by atomic mass is 32.1. The highest BCUT2D eigenvalue weighted by Crippen LogP contribution is 2.36. The Hall–Kier alpha value is -2.62. The molecule has 9 heteroatoms. The number of nitrogens with zero attached hydrogens (tertiary/aromatic N) is 4. The number of anilines is 3. The number of ether oxygens (including phenoxy) is 2. The van der Waals surface area contributed by atoms with Gasteiger partial charge in [0.25, 0.3) is 0 Å². The summed E-state index contributed by atoms with van der Waals surface area (Å²) in [5, 5.41) is 6.41. The lowest BCUT2D eigenvalue weighted by Gasteiger charge is -2.37. The molecule has 0 bridgehead atoms. The molecule has 8 nitrogen and oxygen atoms in total. The molecule has 1 aliphatic heterocycles. The molecule has 0 spiro atoms. The molecule has 2 aromatic heterocycles. The van der Waals surface area contributed by atoms with E-state index in [0.717, 1.165) is 65.3 Å². The second kappa shape index (κ2) is 11.4. The summed E-state index contributed by atoms with van der Waals surface area (Å²) < 4.78 is 12.0. The Morgan fingerprint density at radius 2 is 1.97 bits per heavy atom. The Bertz CT molecular complexity index is 1200. The Morgan fingerprint density at radius 1 is 1.24 bits per heavy atom. The number of nitrogens with one attached hydrogen (secondary N) is 1. The van der Waals surface area contributed by atoms with Gasteiger partial charge in [-0.3, -0.25) is 0 Å². The maximum Gasteiger partial charge on any atom is 0.231 e. The maximum atomic E-state index is 6.51. The van der Waals surface area contributed by atoms with Crippen LogP contribution in [0, 0.1) is 12.8 Å². The zero-order chi connectivity index (χ0) is 26.7. The van der Waals surface area contributed by atoms with Crippen LogP contribution in [0.1, 0.15) is 45.6 Å². The molecule has 202 valence electrons. The number of aryl methyl sites for hydroxylation is 1. The predicted octanol–water partition coefficient (Wildman–Crippen LogP) is 5.42. The summed E-state index contributed by atoms with van der Waals surface area (Å²) in [5.41, 5.74) is 9.16. The Balaban J connectivity index is 1.54. The normalized spacial score (nSPS) is 16.4. The van der Waals surface area contributed by atoms with Crippen molar-refractivity contribution in [3.05, 3.63) is 29.1 Å². The SMILES string of the molecule is COc1cc(Nc2nc(OCC(C)(N)CC(C)C)c3c(C)csc3n2)ccc1N1CCC(N(C)C)CC1. The van der Waals surface area contributed by atoms with Gasteiger partial charge in [0.05, 0.1) is 18.2 Å².